The summed E-state index contributed by atoms with van der Waals surface area (Å²) in [6.45, 7) is 6.73. The van der Waals surface area contributed by atoms with Crippen molar-refractivity contribution in [3.8, 4) is 11.8 Å². The van der Waals surface area contributed by atoms with Crippen LogP contribution in [0.2, 0.25) is 0 Å². The van der Waals surface area contributed by atoms with Gasteiger partial charge in [0.05, 0.1) is 11.5 Å². The standard InChI is InChI=1S/C34H47NO2/c1-4-6-8-9-10-12-27-13-16-29(17-14-27)30-18-20-31(21-19-30)34(36)37-33-22-15-28(24-32(33)25-35)23-26(3)11-7-5-2/h13-17,22,24,26,30-31H,4-12,18-21,23H2,1-3H3. The van der Waals surface area contributed by atoms with E-state index in [0.29, 0.717) is 23.1 Å². The van der Waals surface area contributed by atoms with Crippen LogP contribution >= 0.6 is 0 Å². The van der Waals surface area contributed by atoms with Gasteiger partial charge in [-0.3, -0.25) is 4.79 Å². The molecule has 3 heteroatoms. The second-order valence-electron chi connectivity index (χ2n) is 11.3. The Morgan fingerprint density at radius 1 is 0.919 bits per heavy atom. The van der Waals surface area contributed by atoms with Gasteiger partial charge in [-0.1, -0.05) is 96.0 Å². The highest BCUT2D eigenvalue weighted by molar-refractivity contribution is 5.76. The van der Waals surface area contributed by atoms with Crippen LogP contribution in [0.1, 0.15) is 126 Å². The fraction of sp³-hybridized carbons (Fsp3) is 0.588. The lowest BCUT2D eigenvalue weighted by Gasteiger charge is -2.27. The van der Waals surface area contributed by atoms with Crippen molar-refractivity contribution in [2.24, 2.45) is 11.8 Å². The quantitative estimate of drug-likeness (QED) is 0.147. The first-order valence-corrected chi connectivity index (χ1v) is 14.9. The Balaban J connectivity index is 1.47. The summed E-state index contributed by atoms with van der Waals surface area (Å²) in [5, 5.41) is 9.66. The number of carbonyl (C=O) groups excluding carboxylic acids is 1. The SMILES string of the molecule is CCCCCCCc1ccc(C2CCC(C(=O)Oc3ccc(CC(C)CCCC)cc3C#N)CC2)cc1. The first-order valence-electron chi connectivity index (χ1n) is 14.9. The third-order valence-electron chi connectivity index (χ3n) is 8.09. The van der Waals surface area contributed by atoms with E-state index >= 15 is 0 Å². The molecule has 1 aliphatic rings. The highest BCUT2D eigenvalue weighted by Gasteiger charge is 2.29. The fourth-order valence-corrected chi connectivity index (χ4v) is 5.68. The van der Waals surface area contributed by atoms with Gasteiger partial charge in [0.25, 0.3) is 0 Å². The zero-order valence-electron chi connectivity index (χ0n) is 23.4. The number of rotatable bonds is 14. The minimum atomic E-state index is -0.183. The van der Waals surface area contributed by atoms with Crippen molar-refractivity contribution in [3.63, 3.8) is 0 Å². The Hall–Kier alpha value is -2.60. The van der Waals surface area contributed by atoms with Gasteiger partial charge in [-0.15, -0.1) is 0 Å². The molecule has 2 aromatic carbocycles. The Morgan fingerprint density at radius 3 is 2.27 bits per heavy atom. The number of hydrogen-bond acceptors (Lipinski definition) is 3. The highest BCUT2D eigenvalue weighted by atomic mass is 16.5. The Labute approximate surface area is 225 Å². The van der Waals surface area contributed by atoms with Crippen LogP contribution in [0, 0.1) is 23.2 Å². The number of aryl methyl sites for hydroxylation is 1. The summed E-state index contributed by atoms with van der Waals surface area (Å²) in [6, 6.07) is 17.2. The van der Waals surface area contributed by atoms with Crippen molar-refractivity contribution in [1.29, 1.82) is 5.26 Å². The van der Waals surface area contributed by atoms with Gasteiger partial charge < -0.3 is 4.74 Å². The summed E-state index contributed by atoms with van der Waals surface area (Å²) >= 11 is 0. The first-order chi connectivity index (χ1) is 18.0. The van der Waals surface area contributed by atoms with Crippen LogP contribution in [0.5, 0.6) is 5.75 Å². The Bertz CT molecular complexity index is 995. The summed E-state index contributed by atoms with van der Waals surface area (Å²) in [7, 11) is 0. The van der Waals surface area contributed by atoms with Crippen LogP contribution in [-0.2, 0) is 17.6 Å². The molecule has 0 N–H and O–H groups in total. The van der Waals surface area contributed by atoms with Gasteiger partial charge in [0.15, 0.2) is 0 Å². The maximum atomic E-state index is 12.9. The summed E-state index contributed by atoms with van der Waals surface area (Å²) in [4.78, 5) is 12.9. The average Bonchev–Trinajstić information content (AvgIpc) is 2.93. The van der Waals surface area contributed by atoms with Gasteiger partial charge in [0.1, 0.15) is 11.8 Å². The van der Waals surface area contributed by atoms with E-state index in [1.54, 1.807) is 0 Å². The van der Waals surface area contributed by atoms with Gasteiger partial charge in [-0.25, -0.2) is 0 Å². The van der Waals surface area contributed by atoms with Crippen LogP contribution in [0.15, 0.2) is 42.5 Å². The zero-order valence-corrected chi connectivity index (χ0v) is 23.4. The monoisotopic (exact) mass is 501 g/mol. The van der Waals surface area contributed by atoms with Crippen molar-refractivity contribution < 1.29 is 9.53 Å². The summed E-state index contributed by atoms with van der Waals surface area (Å²) in [5.74, 6) is 1.24. The maximum absolute atomic E-state index is 12.9. The van der Waals surface area contributed by atoms with E-state index in [0.717, 1.165) is 37.7 Å². The van der Waals surface area contributed by atoms with Crippen molar-refractivity contribution in [2.75, 3.05) is 0 Å². The molecule has 0 amide bonds. The molecule has 200 valence electrons. The smallest absolute Gasteiger partial charge is 0.314 e. The number of ether oxygens (including phenoxy) is 1. The molecule has 0 aliphatic heterocycles. The number of nitriles is 1. The molecule has 0 bridgehead atoms. The minimum Gasteiger partial charge on any atom is -0.425 e. The number of benzene rings is 2. The molecule has 0 spiro atoms. The number of esters is 1. The molecule has 0 radical (unpaired) electrons. The summed E-state index contributed by atoms with van der Waals surface area (Å²) in [5.41, 5.74) is 4.44. The van der Waals surface area contributed by atoms with Crippen molar-refractivity contribution >= 4 is 5.97 Å². The maximum Gasteiger partial charge on any atom is 0.314 e. The molecule has 1 unspecified atom stereocenters. The number of carbonyl (C=O) groups is 1. The summed E-state index contributed by atoms with van der Waals surface area (Å²) < 4.78 is 5.76. The van der Waals surface area contributed by atoms with E-state index in [2.05, 4.69) is 51.1 Å². The molecule has 1 aliphatic carbocycles. The van der Waals surface area contributed by atoms with Gasteiger partial charge >= 0.3 is 5.97 Å². The van der Waals surface area contributed by atoms with Crippen LogP contribution in [-0.4, -0.2) is 5.97 Å². The Morgan fingerprint density at radius 2 is 1.59 bits per heavy atom. The average molecular weight is 502 g/mol. The van der Waals surface area contributed by atoms with Crippen LogP contribution < -0.4 is 4.74 Å². The molecule has 0 saturated heterocycles. The lowest BCUT2D eigenvalue weighted by atomic mass is 9.78. The second kappa shape index (κ2) is 15.6. The molecular weight excluding hydrogens is 454 g/mol. The molecule has 37 heavy (non-hydrogen) atoms. The van der Waals surface area contributed by atoms with Gasteiger partial charge in [0.2, 0.25) is 0 Å². The third-order valence-corrected chi connectivity index (χ3v) is 8.09. The van der Waals surface area contributed by atoms with Gasteiger partial charge in [0, 0.05) is 0 Å². The molecule has 3 rings (SSSR count). The van der Waals surface area contributed by atoms with Gasteiger partial charge in [-0.05, 0) is 85.6 Å². The fourth-order valence-electron chi connectivity index (χ4n) is 5.68. The third kappa shape index (κ3) is 9.33. The van der Waals surface area contributed by atoms with Crippen molar-refractivity contribution in [1.82, 2.24) is 0 Å². The molecule has 1 atom stereocenters. The van der Waals surface area contributed by atoms with E-state index in [4.69, 9.17) is 4.74 Å². The van der Waals surface area contributed by atoms with E-state index in [9.17, 15) is 10.1 Å². The normalized spacial score (nSPS) is 18.2. The van der Waals surface area contributed by atoms with E-state index in [1.165, 1.54) is 68.9 Å². The lowest BCUT2D eigenvalue weighted by Crippen LogP contribution is -2.25. The predicted octanol–water partition coefficient (Wildman–Crippen LogP) is 9.32. The second-order valence-corrected chi connectivity index (χ2v) is 11.3. The lowest BCUT2D eigenvalue weighted by molar-refractivity contribution is -0.140. The number of unbranched alkanes of at least 4 members (excludes halogenated alkanes) is 5. The van der Waals surface area contributed by atoms with E-state index in [-0.39, 0.29) is 11.9 Å². The van der Waals surface area contributed by atoms with E-state index < -0.39 is 0 Å². The van der Waals surface area contributed by atoms with Crippen molar-refractivity contribution in [2.45, 2.75) is 117 Å². The Kier molecular flexibility index (Phi) is 12.2. The van der Waals surface area contributed by atoms with Crippen molar-refractivity contribution in [3.05, 3.63) is 64.7 Å². The molecule has 1 saturated carbocycles. The van der Waals surface area contributed by atoms with Crippen LogP contribution in [0.3, 0.4) is 0 Å². The first kappa shape index (κ1) is 29.0. The summed E-state index contributed by atoms with van der Waals surface area (Å²) in [6.07, 6.45) is 16.1. The molecular formula is C34H47NO2. The number of nitrogens with zero attached hydrogens (tertiary/aromatic N) is 1. The van der Waals surface area contributed by atoms with Gasteiger partial charge in [-0.2, -0.15) is 5.26 Å². The molecule has 0 heterocycles. The predicted molar refractivity (Wildman–Crippen MR) is 153 cm³/mol. The molecule has 0 aromatic heterocycles. The van der Waals surface area contributed by atoms with Crippen LogP contribution in [0.25, 0.3) is 0 Å². The molecule has 1 fully saturated rings. The molecule has 2 aromatic rings. The molecule has 3 nitrogen and oxygen atoms in total. The van der Waals surface area contributed by atoms with Crippen LogP contribution in [0.4, 0.5) is 0 Å². The van der Waals surface area contributed by atoms with E-state index in [1.807, 2.05) is 18.2 Å². The minimum absolute atomic E-state index is 0.0843. The largest absolute Gasteiger partial charge is 0.425 e. The topological polar surface area (TPSA) is 50.1 Å². The highest BCUT2D eigenvalue weighted by Crippen LogP contribution is 2.37. The zero-order chi connectivity index (χ0) is 26.5. The number of hydrogen-bond donors (Lipinski definition) is 0.